The summed E-state index contributed by atoms with van der Waals surface area (Å²) in [5, 5.41) is 10.3. The third-order valence-corrected chi connectivity index (χ3v) is 7.27. The molecule has 5 heterocycles. The van der Waals surface area contributed by atoms with Gasteiger partial charge < -0.3 is 10.3 Å². The Morgan fingerprint density at radius 3 is 2.63 bits per heavy atom. The van der Waals surface area contributed by atoms with Gasteiger partial charge in [-0.3, -0.25) is 19.9 Å². The van der Waals surface area contributed by atoms with Crippen molar-refractivity contribution in [3.63, 3.8) is 0 Å². The molecule has 6 aromatic rings. The lowest BCUT2D eigenvalue weighted by molar-refractivity contribution is -0.116. The fourth-order valence-corrected chi connectivity index (χ4v) is 5.11. The van der Waals surface area contributed by atoms with Gasteiger partial charge >= 0.3 is 0 Å². The summed E-state index contributed by atoms with van der Waals surface area (Å²) in [6.07, 6.45) is 7.04. The number of hydrogen-bond donors (Lipinski definition) is 4. The summed E-state index contributed by atoms with van der Waals surface area (Å²) in [5.41, 5.74) is 6.07. The normalized spacial score (nSPS) is 11.8. The molecule has 0 bridgehead atoms. The van der Waals surface area contributed by atoms with E-state index in [1.54, 1.807) is 30.7 Å². The number of carbonyl (C=O) groups is 1. The van der Waals surface area contributed by atoms with E-state index in [1.165, 1.54) is 12.1 Å². The first kappa shape index (κ1) is 28.1. The molecule has 6 rings (SSSR count). The van der Waals surface area contributed by atoms with Gasteiger partial charge in [-0.15, -0.1) is 0 Å². The van der Waals surface area contributed by atoms with Gasteiger partial charge in [0.05, 0.1) is 40.6 Å². The van der Waals surface area contributed by atoms with Gasteiger partial charge in [0, 0.05) is 36.5 Å². The second kappa shape index (κ2) is 11.3. The minimum atomic E-state index is -3.46. The fourth-order valence-electron chi connectivity index (χ4n) is 4.69. The van der Waals surface area contributed by atoms with Crippen LogP contribution in [0.25, 0.3) is 56.1 Å². The van der Waals surface area contributed by atoms with E-state index in [4.69, 9.17) is 9.97 Å². The number of fused-ring (bicyclic) bond motifs is 2. The Kier molecular flexibility index (Phi) is 7.38. The van der Waals surface area contributed by atoms with Crippen molar-refractivity contribution in [2.75, 3.05) is 11.6 Å². The largest absolute Gasteiger partial charge is 0.336 e. The van der Waals surface area contributed by atoms with Crippen molar-refractivity contribution < 1.29 is 17.6 Å². The van der Waals surface area contributed by atoms with Crippen molar-refractivity contribution >= 4 is 43.7 Å². The SMILES string of the molecule is CCCC(=O)Nc1cncc(-c2ccc3[nH]nc(-c4nc5c(-c6cc(F)cc(CNS(C)(=O)=O)c6)nccc5[nH]4)c3n2)c1. The summed E-state index contributed by atoms with van der Waals surface area (Å²) in [6, 6.07) is 11.5. The molecule has 4 N–H and O–H groups in total. The van der Waals surface area contributed by atoms with Crippen LogP contribution in [0.1, 0.15) is 25.3 Å². The van der Waals surface area contributed by atoms with E-state index in [1.807, 2.05) is 25.1 Å². The molecule has 1 aromatic carbocycles. The standard InChI is InChI=1S/C29H26FN9O3S/c1-3-4-24(40)34-20-12-18(14-31-15-20)21-5-6-23-27(35-21)28(39-38-23)29-36-22-7-8-32-25(26(22)37-29)17-9-16(10-19(30)11-17)13-33-43(2,41)42/h5-12,14-15,33H,3-4,13H2,1-2H3,(H,34,40)(H,36,37)(H,38,39). The Bertz CT molecular complexity index is 2110. The summed E-state index contributed by atoms with van der Waals surface area (Å²) in [5.74, 6) is -0.189. The van der Waals surface area contributed by atoms with Gasteiger partial charge in [0.25, 0.3) is 0 Å². The maximum absolute atomic E-state index is 14.6. The van der Waals surface area contributed by atoms with Crippen LogP contribution in [0.5, 0.6) is 0 Å². The first-order chi connectivity index (χ1) is 20.7. The third-order valence-electron chi connectivity index (χ3n) is 6.60. The smallest absolute Gasteiger partial charge is 0.224 e. The lowest BCUT2D eigenvalue weighted by Gasteiger charge is -2.07. The number of imidazole rings is 1. The number of pyridine rings is 3. The van der Waals surface area contributed by atoms with Crippen molar-refractivity contribution in [3.8, 4) is 34.0 Å². The van der Waals surface area contributed by atoms with Gasteiger partial charge in [-0.2, -0.15) is 5.10 Å². The molecule has 0 saturated heterocycles. The quantitative estimate of drug-likeness (QED) is 0.187. The molecule has 0 radical (unpaired) electrons. The number of rotatable bonds is 9. The first-order valence-electron chi connectivity index (χ1n) is 13.4. The topological polar surface area (TPSA) is 171 Å². The number of sulfonamides is 1. The molecular formula is C29H26FN9O3S. The van der Waals surface area contributed by atoms with Crippen molar-refractivity contribution in [1.82, 2.24) is 39.8 Å². The molecule has 218 valence electrons. The predicted octanol–water partition coefficient (Wildman–Crippen LogP) is 4.55. The number of amides is 1. The Morgan fingerprint density at radius 1 is 0.977 bits per heavy atom. The summed E-state index contributed by atoms with van der Waals surface area (Å²) in [7, 11) is -3.46. The average molecular weight is 600 g/mol. The molecule has 0 aliphatic heterocycles. The van der Waals surface area contributed by atoms with E-state index in [9.17, 15) is 17.6 Å². The lowest BCUT2D eigenvalue weighted by Crippen LogP contribution is -2.21. The second-order valence-corrected chi connectivity index (χ2v) is 11.8. The van der Waals surface area contributed by atoms with E-state index in [2.05, 4.69) is 35.2 Å². The number of benzene rings is 1. The van der Waals surface area contributed by atoms with Crippen LogP contribution in [-0.2, 0) is 21.4 Å². The highest BCUT2D eigenvalue weighted by atomic mass is 32.2. The number of aromatic amines is 2. The van der Waals surface area contributed by atoms with Crippen molar-refractivity contribution in [1.29, 1.82) is 0 Å². The molecule has 12 nitrogen and oxygen atoms in total. The van der Waals surface area contributed by atoms with Gasteiger partial charge in [0.15, 0.2) is 11.5 Å². The maximum atomic E-state index is 14.6. The zero-order chi connectivity index (χ0) is 30.1. The number of nitrogens with one attached hydrogen (secondary N) is 4. The van der Waals surface area contributed by atoms with Crippen LogP contribution in [0.15, 0.2) is 61.1 Å². The molecule has 0 saturated carbocycles. The van der Waals surface area contributed by atoms with Gasteiger partial charge in [0.2, 0.25) is 15.9 Å². The highest BCUT2D eigenvalue weighted by Gasteiger charge is 2.18. The first-order valence-corrected chi connectivity index (χ1v) is 15.3. The number of anilines is 1. The van der Waals surface area contributed by atoms with Crippen LogP contribution >= 0.6 is 0 Å². The van der Waals surface area contributed by atoms with Crippen molar-refractivity contribution in [2.24, 2.45) is 0 Å². The zero-order valence-electron chi connectivity index (χ0n) is 23.1. The Balaban J connectivity index is 1.37. The van der Waals surface area contributed by atoms with E-state index in [0.29, 0.717) is 73.8 Å². The molecule has 43 heavy (non-hydrogen) atoms. The average Bonchev–Trinajstić information content (AvgIpc) is 3.59. The number of H-pyrrole nitrogens is 2. The molecule has 0 spiro atoms. The minimum absolute atomic E-state index is 0.0673. The van der Waals surface area contributed by atoms with E-state index in [-0.39, 0.29) is 12.5 Å². The number of nitrogens with zero attached hydrogens (tertiary/aromatic N) is 5. The van der Waals surface area contributed by atoms with Crippen LogP contribution in [0, 0.1) is 5.82 Å². The lowest BCUT2D eigenvalue weighted by atomic mass is 10.1. The van der Waals surface area contributed by atoms with E-state index in [0.717, 1.165) is 12.7 Å². The monoisotopic (exact) mass is 599 g/mol. The Hall–Kier alpha value is -5.08. The number of halogens is 1. The molecule has 0 unspecified atom stereocenters. The third kappa shape index (κ3) is 6.10. The molecule has 5 aromatic heterocycles. The molecule has 0 aliphatic carbocycles. The zero-order valence-corrected chi connectivity index (χ0v) is 24.0. The van der Waals surface area contributed by atoms with Gasteiger partial charge in [-0.05, 0) is 54.4 Å². The van der Waals surface area contributed by atoms with Gasteiger partial charge in [-0.25, -0.2) is 27.5 Å². The van der Waals surface area contributed by atoms with Crippen LogP contribution in [0.4, 0.5) is 10.1 Å². The van der Waals surface area contributed by atoms with E-state index < -0.39 is 15.8 Å². The fraction of sp³-hybridized carbons (Fsp3) is 0.172. The molecule has 0 atom stereocenters. The number of carbonyl (C=O) groups excluding carboxylic acids is 1. The summed E-state index contributed by atoms with van der Waals surface area (Å²) < 4.78 is 40.0. The van der Waals surface area contributed by atoms with Gasteiger partial charge in [0.1, 0.15) is 16.9 Å². The van der Waals surface area contributed by atoms with Crippen molar-refractivity contribution in [2.45, 2.75) is 26.3 Å². The summed E-state index contributed by atoms with van der Waals surface area (Å²) in [4.78, 5) is 33.6. The molecule has 1 amide bonds. The number of hydrogen-bond acceptors (Lipinski definition) is 8. The Labute approximate surface area is 245 Å². The molecule has 14 heteroatoms. The summed E-state index contributed by atoms with van der Waals surface area (Å²) >= 11 is 0. The Morgan fingerprint density at radius 2 is 1.81 bits per heavy atom. The van der Waals surface area contributed by atoms with Crippen LogP contribution in [-0.4, -0.2) is 55.7 Å². The maximum Gasteiger partial charge on any atom is 0.224 e. The second-order valence-electron chi connectivity index (χ2n) is 10.0. The highest BCUT2D eigenvalue weighted by Crippen LogP contribution is 2.31. The predicted molar refractivity (Wildman–Crippen MR) is 161 cm³/mol. The van der Waals surface area contributed by atoms with E-state index >= 15 is 0 Å². The van der Waals surface area contributed by atoms with Crippen LogP contribution in [0.3, 0.4) is 0 Å². The molecular weight excluding hydrogens is 573 g/mol. The van der Waals surface area contributed by atoms with Crippen molar-refractivity contribution in [3.05, 3.63) is 72.4 Å². The van der Waals surface area contributed by atoms with Crippen LogP contribution in [0.2, 0.25) is 0 Å². The minimum Gasteiger partial charge on any atom is -0.336 e. The number of aromatic nitrogens is 7. The molecule has 0 aliphatic rings. The van der Waals surface area contributed by atoms with Gasteiger partial charge in [-0.1, -0.05) is 6.92 Å². The van der Waals surface area contributed by atoms with Crippen LogP contribution < -0.4 is 10.0 Å². The highest BCUT2D eigenvalue weighted by molar-refractivity contribution is 7.88. The summed E-state index contributed by atoms with van der Waals surface area (Å²) in [6.45, 7) is 1.87. The molecule has 0 fully saturated rings.